The second kappa shape index (κ2) is 10.1. The van der Waals surface area contributed by atoms with Crippen molar-refractivity contribution >= 4 is 22.8 Å². The van der Waals surface area contributed by atoms with Gasteiger partial charge in [-0.25, -0.2) is 0 Å². The zero-order valence-electron chi connectivity index (χ0n) is 12.5. The molecular formula is C14H27NO3S. The number of amides is 1. The van der Waals surface area contributed by atoms with Gasteiger partial charge in [0.1, 0.15) is 11.5 Å². The van der Waals surface area contributed by atoms with Gasteiger partial charge in [0.2, 0.25) is 5.91 Å². The molecule has 0 radical (unpaired) electrons. The number of nitrogens with one attached hydrogen (secondary N) is 1. The third-order valence-corrected chi connectivity index (χ3v) is 5.18. The van der Waals surface area contributed by atoms with Crippen LogP contribution in [0, 0.1) is 5.92 Å². The first kappa shape index (κ1) is 18.3. The monoisotopic (exact) mass is 289 g/mol. The topological polar surface area (TPSA) is 69.2 Å². The third-order valence-electron chi connectivity index (χ3n) is 3.26. The molecule has 0 aliphatic rings. The molecule has 0 aromatic carbocycles. The molecule has 0 aromatic heterocycles. The van der Waals surface area contributed by atoms with E-state index in [2.05, 4.69) is 18.5 Å². The van der Waals surface area contributed by atoms with E-state index >= 15 is 0 Å². The summed E-state index contributed by atoms with van der Waals surface area (Å²) in [6.45, 7) is 5.85. The van der Waals surface area contributed by atoms with Crippen LogP contribution in [0.2, 0.25) is 0 Å². The van der Waals surface area contributed by atoms with E-state index in [1.54, 1.807) is 6.92 Å². The van der Waals surface area contributed by atoms with E-state index in [4.69, 9.17) is 0 Å². The minimum atomic E-state index is -1.18. The van der Waals surface area contributed by atoms with Crippen LogP contribution in [-0.4, -0.2) is 35.7 Å². The van der Waals surface area contributed by atoms with Crippen LogP contribution >= 0.6 is 0 Å². The average Bonchev–Trinajstić information content (AvgIpc) is 2.39. The molecule has 0 rings (SSSR count). The Bertz CT molecular complexity index is 284. The quantitative estimate of drug-likeness (QED) is 0.602. The van der Waals surface area contributed by atoms with E-state index in [1.165, 1.54) is 6.42 Å². The number of hydrogen-bond acceptors (Lipinski definition) is 3. The molecule has 0 aromatic rings. The SMILES string of the molecule is CCCC[S+](C)CC[C@@H](NC(=O)C(C)CC)C(=O)[O-]. The number of hydrogen-bond donors (Lipinski definition) is 1. The highest BCUT2D eigenvalue weighted by atomic mass is 32.2. The maximum absolute atomic E-state index is 11.7. The highest BCUT2D eigenvalue weighted by Crippen LogP contribution is 2.05. The van der Waals surface area contributed by atoms with Gasteiger partial charge in [0.15, 0.2) is 0 Å². The Morgan fingerprint density at radius 2 is 1.89 bits per heavy atom. The molecule has 0 aliphatic heterocycles. The van der Waals surface area contributed by atoms with E-state index in [1.807, 2.05) is 6.92 Å². The van der Waals surface area contributed by atoms with Crippen LogP contribution in [-0.2, 0) is 20.5 Å². The summed E-state index contributed by atoms with van der Waals surface area (Å²) < 4.78 is 0. The normalized spacial score (nSPS) is 15.6. The fourth-order valence-electron chi connectivity index (χ4n) is 1.56. The molecule has 0 fully saturated rings. The highest BCUT2D eigenvalue weighted by molar-refractivity contribution is 7.96. The van der Waals surface area contributed by atoms with Gasteiger partial charge < -0.3 is 15.2 Å². The fourth-order valence-corrected chi connectivity index (χ4v) is 3.18. The lowest BCUT2D eigenvalue weighted by molar-refractivity contribution is -0.308. The van der Waals surface area contributed by atoms with Crippen LogP contribution in [0.3, 0.4) is 0 Å². The Balaban J connectivity index is 4.20. The van der Waals surface area contributed by atoms with Gasteiger partial charge >= 0.3 is 0 Å². The summed E-state index contributed by atoms with van der Waals surface area (Å²) in [7, 11) is 0.223. The first-order valence-corrected chi connectivity index (χ1v) is 8.99. The maximum Gasteiger partial charge on any atom is 0.223 e. The van der Waals surface area contributed by atoms with Gasteiger partial charge in [-0.1, -0.05) is 27.2 Å². The third kappa shape index (κ3) is 8.14. The number of carbonyl (C=O) groups is 2. The lowest BCUT2D eigenvalue weighted by atomic mass is 10.1. The lowest BCUT2D eigenvalue weighted by Crippen LogP contribution is -2.50. The number of carbonyl (C=O) groups excluding carboxylic acids is 2. The summed E-state index contributed by atoms with van der Waals surface area (Å²) in [6, 6.07) is -0.849. The van der Waals surface area contributed by atoms with Crippen LogP contribution in [0.1, 0.15) is 46.5 Å². The maximum atomic E-state index is 11.7. The summed E-state index contributed by atoms with van der Waals surface area (Å²) in [6.07, 6.45) is 5.66. The standard InChI is InChI=1S/C14H27NO3S/c1-5-7-9-19(4)10-8-12(14(17)18)15-13(16)11(3)6-2/h11-12H,5-10H2,1-4H3,(H-,15,16,17,18)/t11?,12-,19?/m1/s1. The number of rotatable bonds is 10. The van der Waals surface area contributed by atoms with Crippen molar-refractivity contribution in [2.75, 3.05) is 17.8 Å². The van der Waals surface area contributed by atoms with Gasteiger partial charge in [-0.3, -0.25) is 4.79 Å². The molecule has 3 atom stereocenters. The second-order valence-corrected chi connectivity index (χ2v) is 7.40. The molecule has 0 heterocycles. The summed E-state index contributed by atoms with van der Waals surface area (Å²) in [4.78, 5) is 22.8. The van der Waals surface area contributed by atoms with Gasteiger partial charge in [-0.05, 0) is 23.7 Å². The van der Waals surface area contributed by atoms with E-state index in [0.717, 1.165) is 17.9 Å². The number of aliphatic carboxylic acids is 1. The zero-order chi connectivity index (χ0) is 14.8. The predicted octanol–water partition coefficient (Wildman–Crippen LogP) is 0.706. The van der Waals surface area contributed by atoms with Crippen LogP contribution in [0.5, 0.6) is 0 Å². The predicted molar refractivity (Wildman–Crippen MR) is 78.9 cm³/mol. The van der Waals surface area contributed by atoms with Gasteiger partial charge in [-0.2, -0.15) is 0 Å². The van der Waals surface area contributed by atoms with Crippen molar-refractivity contribution in [3.8, 4) is 0 Å². The summed E-state index contributed by atoms with van der Waals surface area (Å²) in [5.41, 5.74) is 0. The zero-order valence-corrected chi connectivity index (χ0v) is 13.3. The fraction of sp³-hybridized carbons (Fsp3) is 0.857. The molecule has 5 heteroatoms. The highest BCUT2D eigenvalue weighted by Gasteiger charge is 2.20. The molecule has 0 spiro atoms. The molecule has 2 unspecified atom stereocenters. The molecule has 0 saturated heterocycles. The first-order chi connectivity index (χ1) is 8.92. The minimum absolute atomic E-state index is 0.151. The number of carboxylic acid groups (broad SMARTS) is 1. The molecule has 0 aliphatic carbocycles. The van der Waals surface area contributed by atoms with Gasteiger partial charge in [-0.15, -0.1) is 0 Å². The van der Waals surface area contributed by atoms with E-state index in [-0.39, 0.29) is 22.7 Å². The van der Waals surface area contributed by atoms with Crippen molar-refractivity contribution in [3.05, 3.63) is 0 Å². The minimum Gasteiger partial charge on any atom is -0.548 e. The Hall–Kier alpha value is -0.710. The molecule has 1 N–H and O–H groups in total. The molecule has 0 bridgehead atoms. The number of unbranched alkanes of at least 4 members (excludes halogenated alkanes) is 1. The van der Waals surface area contributed by atoms with Crippen molar-refractivity contribution in [2.24, 2.45) is 5.92 Å². The molecule has 4 nitrogen and oxygen atoms in total. The van der Waals surface area contributed by atoms with Crippen LogP contribution in [0.4, 0.5) is 0 Å². The van der Waals surface area contributed by atoms with Crippen molar-refractivity contribution in [1.29, 1.82) is 0 Å². The Labute approximate surface area is 119 Å². The molecular weight excluding hydrogens is 262 g/mol. The first-order valence-electron chi connectivity index (χ1n) is 7.02. The summed E-state index contributed by atoms with van der Waals surface area (Å²) >= 11 is 0. The Morgan fingerprint density at radius 3 is 2.37 bits per heavy atom. The van der Waals surface area contributed by atoms with Gasteiger partial charge in [0.05, 0.1) is 18.3 Å². The van der Waals surface area contributed by atoms with E-state index in [0.29, 0.717) is 12.8 Å². The van der Waals surface area contributed by atoms with Crippen molar-refractivity contribution in [3.63, 3.8) is 0 Å². The van der Waals surface area contributed by atoms with Gasteiger partial charge in [0.25, 0.3) is 0 Å². The van der Waals surface area contributed by atoms with Crippen molar-refractivity contribution < 1.29 is 14.7 Å². The largest absolute Gasteiger partial charge is 0.548 e. The van der Waals surface area contributed by atoms with Crippen molar-refractivity contribution in [1.82, 2.24) is 5.32 Å². The van der Waals surface area contributed by atoms with Crippen molar-refractivity contribution in [2.45, 2.75) is 52.5 Å². The average molecular weight is 289 g/mol. The van der Waals surface area contributed by atoms with E-state index < -0.39 is 12.0 Å². The second-order valence-electron chi connectivity index (χ2n) is 5.02. The molecule has 1 amide bonds. The van der Waals surface area contributed by atoms with Crippen LogP contribution < -0.4 is 10.4 Å². The smallest absolute Gasteiger partial charge is 0.223 e. The van der Waals surface area contributed by atoms with Crippen LogP contribution in [0.15, 0.2) is 0 Å². The molecule has 0 saturated carbocycles. The Morgan fingerprint density at radius 1 is 1.26 bits per heavy atom. The molecule has 19 heavy (non-hydrogen) atoms. The summed E-state index contributed by atoms with van der Waals surface area (Å²) in [5, 5.41) is 13.6. The lowest BCUT2D eigenvalue weighted by Gasteiger charge is -2.21. The van der Waals surface area contributed by atoms with Crippen LogP contribution in [0.25, 0.3) is 0 Å². The Kier molecular flexibility index (Phi) is 9.74. The number of carboxylic acids is 1. The summed E-state index contributed by atoms with van der Waals surface area (Å²) in [5.74, 6) is 0.446. The van der Waals surface area contributed by atoms with Gasteiger partial charge in [0, 0.05) is 12.3 Å². The molecule has 112 valence electrons. The van der Waals surface area contributed by atoms with E-state index in [9.17, 15) is 14.7 Å².